The average Bonchev–Trinajstić information content (AvgIpc) is 2.18. The van der Waals surface area contributed by atoms with Gasteiger partial charge in [0.2, 0.25) is 0 Å². The summed E-state index contributed by atoms with van der Waals surface area (Å²) in [6, 6.07) is 0. The van der Waals surface area contributed by atoms with Gasteiger partial charge in [0.05, 0.1) is 13.7 Å². The average molecular weight is 260 g/mol. The number of amides is 1. The van der Waals surface area contributed by atoms with E-state index in [1.807, 2.05) is 0 Å². The van der Waals surface area contributed by atoms with Crippen LogP contribution in [0.25, 0.3) is 0 Å². The monoisotopic (exact) mass is 259 g/mol. The minimum absolute atomic E-state index is 0. The van der Waals surface area contributed by atoms with E-state index in [0.29, 0.717) is 6.54 Å². The van der Waals surface area contributed by atoms with E-state index in [2.05, 4.69) is 10.2 Å². The van der Waals surface area contributed by atoms with Crippen LogP contribution in [0.3, 0.4) is 0 Å². The fraction of sp³-hybridized carbons (Fsp3) is 0.875. The molecule has 1 amide bonds. The number of hydrogen-bond acceptors (Lipinski definition) is 4. The number of hydrogen-bond donors (Lipinski definition) is 1. The van der Waals surface area contributed by atoms with Gasteiger partial charge in [-0.1, -0.05) is 0 Å². The van der Waals surface area contributed by atoms with Crippen LogP contribution in [-0.2, 0) is 9.63 Å². The summed E-state index contributed by atoms with van der Waals surface area (Å²) < 4.78 is 0. The summed E-state index contributed by atoms with van der Waals surface area (Å²) in [6.07, 6.45) is 0. The number of likely N-dealkylation sites (N-methyl/N-ethyl adjacent to an activating group) is 1. The van der Waals surface area contributed by atoms with Crippen molar-refractivity contribution in [3.05, 3.63) is 0 Å². The zero-order valence-corrected chi connectivity index (χ0v) is 10.7. The van der Waals surface area contributed by atoms with Crippen LogP contribution >= 0.6 is 24.8 Å². The first kappa shape index (κ1) is 17.3. The van der Waals surface area contributed by atoms with Crippen LogP contribution in [0.2, 0.25) is 0 Å². The van der Waals surface area contributed by atoms with E-state index in [1.54, 1.807) is 7.05 Å². The highest BCUT2D eigenvalue weighted by Gasteiger charge is 2.15. The van der Waals surface area contributed by atoms with Crippen LogP contribution in [0.4, 0.5) is 0 Å². The van der Waals surface area contributed by atoms with Gasteiger partial charge in [0.25, 0.3) is 5.91 Å². The Morgan fingerprint density at radius 2 is 1.93 bits per heavy atom. The van der Waals surface area contributed by atoms with Crippen molar-refractivity contribution in [2.24, 2.45) is 0 Å². The zero-order chi connectivity index (χ0) is 9.68. The van der Waals surface area contributed by atoms with Gasteiger partial charge in [-0.25, -0.2) is 5.06 Å². The van der Waals surface area contributed by atoms with Gasteiger partial charge in [-0.2, -0.15) is 0 Å². The lowest BCUT2D eigenvalue weighted by Crippen LogP contribution is -2.47. The molecule has 92 valence electrons. The summed E-state index contributed by atoms with van der Waals surface area (Å²) in [5, 5.41) is 4.50. The van der Waals surface area contributed by atoms with Crippen molar-refractivity contribution in [2.45, 2.75) is 0 Å². The van der Waals surface area contributed by atoms with Crippen molar-refractivity contribution in [2.75, 3.05) is 46.9 Å². The maximum absolute atomic E-state index is 11.4. The van der Waals surface area contributed by atoms with E-state index in [-0.39, 0.29) is 30.7 Å². The largest absolute Gasteiger partial charge is 0.314 e. The predicted molar refractivity (Wildman–Crippen MR) is 63.6 cm³/mol. The van der Waals surface area contributed by atoms with Gasteiger partial charge in [-0.05, 0) is 0 Å². The first-order valence-corrected chi connectivity index (χ1v) is 4.48. The van der Waals surface area contributed by atoms with Gasteiger partial charge in [0.15, 0.2) is 0 Å². The Kier molecular flexibility index (Phi) is 10.6. The molecule has 0 radical (unpaired) electrons. The molecule has 5 nitrogen and oxygen atoms in total. The zero-order valence-electron chi connectivity index (χ0n) is 9.06. The first-order chi connectivity index (χ1) is 6.24. The lowest BCUT2D eigenvalue weighted by Gasteiger charge is -2.27. The second-order valence-electron chi connectivity index (χ2n) is 3.10. The Morgan fingerprint density at radius 1 is 1.40 bits per heavy atom. The molecular weight excluding hydrogens is 241 g/mol. The lowest BCUT2D eigenvalue weighted by atomic mass is 10.3. The molecule has 0 bridgehead atoms. The van der Waals surface area contributed by atoms with Crippen molar-refractivity contribution in [1.82, 2.24) is 15.3 Å². The first-order valence-electron chi connectivity index (χ1n) is 4.48. The fourth-order valence-corrected chi connectivity index (χ4v) is 1.26. The van der Waals surface area contributed by atoms with E-state index in [1.165, 1.54) is 12.2 Å². The standard InChI is InChI=1S/C8H17N3O2.2ClH/c1-10(13-2)8(12)7-11-5-3-9-4-6-11;;/h9H,3-7H2,1-2H3;2*1H. The molecule has 0 aliphatic carbocycles. The van der Waals surface area contributed by atoms with Crippen molar-refractivity contribution >= 4 is 30.7 Å². The number of rotatable bonds is 3. The third kappa shape index (κ3) is 6.17. The van der Waals surface area contributed by atoms with Crippen LogP contribution in [0.1, 0.15) is 0 Å². The number of carbonyl (C=O) groups excluding carboxylic acids is 1. The van der Waals surface area contributed by atoms with E-state index >= 15 is 0 Å². The highest BCUT2D eigenvalue weighted by molar-refractivity contribution is 5.85. The van der Waals surface area contributed by atoms with Crippen molar-refractivity contribution in [1.29, 1.82) is 0 Å². The summed E-state index contributed by atoms with van der Waals surface area (Å²) in [5.41, 5.74) is 0. The molecule has 1 fully saturated rings. The van der Waals surface area contributed by atoms with Crippen molar-refractivity contribution < 1.29 is 9.63 Å². The lowest BCUT2D eigenvalue weighted by molar-refractivity contribution is -0.169. The Morgan fingerprint density at radius 3 is 2.40 bits per heavy atom. The molecule has 1 rings (SSSR count). The summed E-state index contributed by atoms with van der Waals surface area (Å²) in [7, 11) is 3.13. The van der Waals surface area contributed by atoms with E-state index < -0.39 is 0 Å². The molecule has 0 aromatic carbocycles. The van der Waals surface area contributed by atoms with E-state index in [4.69, 9.17) is 4.84 Å². The van der Waals surface area contributed by atoms with Gasteiger partial charge in [-0.15, -0.1) is 24.8 Å². The van der Waals surface area contributed by atoms with Gasteiger partial charge in [0.1, 0.15) is 0 Å². The number of nitrogens with zero attached hydrogens (tertiary/aromatic N) is 2. The summed E-state index contributed by atoms with van der Waals surface area (Å²) >= 11 is 0. The molecule has 0 aromatic rings. The van der Waals surface area contributed by atoms with Gasteiger partial charge in [0, 0.05) is 33.2 Å². The second kappa shape index (κ2) is 9.18. The summed E-state index contributed by atoms with van der Waals surface area (Å²) in [4.78, 5) is 18.3. The number of piperazine rings is 1. The highest BCUT2D eigenvalue weighted by Crippen LogP contribution is 1.94. The molecule has 15 heavy (non-hydrogen) atoms. The summed E-state index contributed by atoms with van der Waals surface area (Å²) in [5.74, 6) is 0.00407. The van der Waals surface area contributed by atoms with Crippen molar-refractivity contribution in [3.63, 3.8) is 0 Å². The minimum atomic E-state index is 0. The van der Waals surface area contributed by atoms with E-state index in [0.717, 1.165) is 26.2 Å². The summed E-state index contributed by atoms with van der Waals surface area (Å²) in [6.45, 7) is 4.24. The molecule has 0 spiro atoms. The van der Waals surface area contributed by atoms with Crippen LogP contribution in [0, 0.1) is 0 Å². The number of halogens is 2. The molecule has 7 heteroatoms. The predicted octanol–water partition coefficient (Wildman–Crippen LogP) is -0.245. The maximum atomic E-state index is 11.4. The molecule has 1 N–H and O–H groups in total. The topological polar surface area (TPSA) is 44.8 Å². The van der Waals surface area contributed by atoms with Crippen LogP contribution in [0.15, 0.2) is 0 Å². The second-order valence-corrected chi connectivity index (χ2v) is 3.10. The van der Waals surface area contributed by atoms with Crippen LogP contribution < -0.4 is 5.32 Å². The smallest absolute Gasteiger partial charge is 0.259 e. The molecule has 0 saturated carbocycles. The highest BCUT2D eigenvalue weighted by atomic mass is 35.5. The molecule has 1 aliphatic rings. The van der Waals surface area contributed by atoms with Gasteiger partial charge < -0.3 is 5.32 Å². The minimum Gasteiger partial charge on any atom is -0.314 e. The molecule has 1 saturated heterocycles. The maximum Gasteiger partial charge on any atom is 0.259 e. The van der Waals surface area contributed by atoms with Crippen LogP contribution in [0.5, 0.6) is 0 Å². The van der Waals surface area contributed by atoms with Gasteiger partial charge >= 0.3 is 0 Å². The third-order valence-electron chi connectivity index (χ3n) is 2.19. The quantitative estimate of drug-likeness (QED) is 0.711. The number of hydroxylamine groups is 2. The third-order valence-corrected chi connectivity index (χ3v) is 2.19. The molecule has 0 atom stereocenters. The Labute approximate surface area is 103 Å². The normalized spacial score (nSPS) is 16.1. The fourth-order valence-electron chi connectivity index (χ4n) is 1.26. The molecule has 0 aromatic heterocycles. The Hall–Kier alpha value is -0.0700. The SMILES string of the molecule is CON(C)C(=O)CN1CCNCC1.Cl.Cl. The van der Waals surface area contributed by atoms with E-state index in [9.17, 15) is 4.79 Å². The molecular formula is C8H19Cl2N3O2. The Bertz CT molecular complexity index is 177. The van der Waals surface area contributed by atoms with Crippen LogP contribution in [-0.4, -0.2) is 62.8 Å². The molecule has 1 heterocycles. The number of carbonyl (C=O) groups is 1. The number of nitrogens with one attached hydrogen (secondary N) is 1. The molecule has 0 unspecified atom stereocenters. The Balaban J connectivity index is 0. The van der Waals surface area contributed by atoms with Crippen molar-refractivity contribution in [3.8, 4) is 0 Å². The van der Waals surface area contributed by atoms with Gasteiger partial charge in [-0.3, -0.25) is 14.5 Å². The molecule has 1 aliphatic heterocycles.